The van der Waals surface area contributed by atoms with Crippen LogP contribution in [0.3, 0.4) is 0 Å². The molecular formula is C18H18N2O2S. The lowest BCUT2D eigenvalue weighted by Gasteiger charge is -2.08. The molecule has 0 unspecified atom stereocenters. The molecule has 0 radical (unpaired) electrons. The second-order valence-electron chi connectivity index (χ2n) is 5.33. The van der Waals surface area contributed by atoms with Gasteiger partial charge in [0.1, 0.15) is 5.76 Å². The summed E-state index contributed by atoms with van der Waals surface area (Å²) in [6.45, 7) is 5.86. The maximum atomic E-state index is 12.5. The van der Waals surface area contributed by atoms with Crippen molar-refractivity contribution in [1.29, 1.82) is 0 Å². The molecule has 5 heteroatoms. The van der Waals surface area contributed by atoms with E-state index in [0.717, 1.165) is 39.6 Å². The van der Waals surface area contributed by atoms with Gasteiger partial charge < -0.3 is 9.84 Å². The van der Waals surface area contributed by atoms with Crippen molar-refractivity contribution in [2.24, 2.45) is 0 Å². The van der Waals surface area contributed by atoms with E-state index in [0.29, 0.717) is 4.88 Å². The molecule has 3 rings (SSSR count). The van der Waals surface area contributed by atoms with Gasteiger partial charge in [-0.2, -0.15) is 0 Å². The van der Waals surface area contributed by atoms with Crippen LogP contribution in [0.1, 0.15) is 33.6 Å². The van der Waals surface area contributed by atoms with E-state index in [1.807, 2.05) is 50.2 Å². The fourth-order valence-corrected chi connectivity index (χ4v) is 3.61. The highest BCUT2D eigenvalue weighted by Crippen LogP contribution is 2.33. The van der Waals surface area contributed by atoms with E-state index in [1.165, 1.54) is 11.3 Å². The Kier molecular flexibility index (Phi) is 4.30. The third-order valence-corrected chi connectivity index (χ3v) is 4.86. The predicted molar refractivity (Wildman–Crippen MR) is 93.1 cm³/mol. The van der Waals surface area contributed by atoms with Gasteiger partial charge in [0, 0.05) is 10.6 Å². The number of thiophene rings is 1. The van der Waals surface area contributed by atoms with Gasteiger partial charge in [0.15, 0.2) is 0 Å². The first kappa shape index (κ1) is 15.5. The molecule has 2 aromatic heterocycles. The maximum absolute atomic E-state index is 12.5. The number of hydrogen-bond donors (Lipinski definition) is 1. The lowest BCUT2D eigenvalue weighted by Crippen LogP contribution is -2.11. The summed E-state index contributed by atoms with van der Waals surface area (Å²) in [5, 5.41) is 6.97. The first-order valence-electron chi connectivity index (χ1n) is 7.52. The predicted octanol–water partition coefficient (Wildman–Crippen LogP) is 4.83. The molecule has 2 heterocycles. The molecule has 3 aromatic rings. The quantitative estimate of drug-likeness (QED) is 0.747. The van der Waals surface area contributed by atoms with Crippen molar-refractivity contribution in [1.82, 2.24) is 5.16 Å². The van der Waals surface area contributed by atoms with Crippen LogP contribution >= 0.6 is 11.3 Å². The highest BCUT2D eigenvalue weighted by Gasteiger charge is 2.16. The Morgan fingerprint density at radius 3 is 2.70 bits per heavy atom. The van der Waals surface area contributed by atoms with Crippen molar-refractivity contribution in [3.63, 3.8) is 0 Å². The molecule has 0 aliphatic heterocycles. The van der Waals surface area contributed by atoms with Crippen molar-refractivity contribution in [3.8, 4) is 10.4 Å². The second-order valence-corrected chi connectivity index (χ2v) is 6.41. The standard InChI is InChI=1S/C18H18N2O2S/c1-4-13-7-5-6-8-14(13)19-18(21)16-10-9-15(23-16)17-11(2)20-22-12(17)3/h5-10H,4H2,1-3H3,(H,19,21). The number of nitrogens with zero attached hydrogens (tertiary/aromatic N) is 1. The Bertz CT molecular complexity index is 829. The number of nitrogens with one attached hydrogen (secondary N) is 1. The van der Waals surface area contributed by atoms with Crippen LogP contribution in [0.15, 0.2) is 40.9 Å². The van der Waals surface area contributed by atoms with Gasteiger partial charge in [-0.1, -0.05) is 30.3 Å². The average Bonchev–Trinajstić information content (AvgIpc) is 3.14. The highest BCUT2D eigenvalue weighted by molar-refractivity contribution is 7.17. The normalized spacial score (nSPS) is 10.7. The van der Waals surface area contributed by atoms with Crippen molar-refractivity contribution in [3.05, 3.63) is 58.3 Å². The smallest absolute Gasteiger partial charge is 0.265 e. The van der Waals surface area contributed by atoms with Gasteiger partial charge >= 0.3 is 0 Å². The Morgan fingerprint density at radius 2 is 2.00 bits per heavy atom. The molecule has 0 aliphatic rings. The largest absolute Gasteiger partial charge is 0.361 e. The van der Waals surface area contributed by atoms with Crippen LogP contribution in [-0.4, -0.2) is 11.1 Å². The van der Waals surface area contributed by atoms with Gasteiger partial charge in [0.25, 0.3) is 5.91 Å². The Labute approximate surface area is 139 Å². The minimum Gasteiger partial charge on any atom is -0.361 e. The highest BCUT2D eigenvalue weighted by atomic mass is 32.1. The zero-order chi connectivity index (χ0) is 16.4. The monoisotopic (exact) mass is 326 g/mol. The molecular weight excluding hydrogens is 308 g/mol. The SMILES string of the molecule is CCc1ccccc1NC(=O)c1ccc(-c2c(C)noc2C)s1. The third kappa shape index (κ3) is 3.05. The number of carbonyl (C=O) groups is 1. The summed E-state index contributed by atoms with van der Waals surface area (Å²) in [6.07, 6.45) is 0.880. The molecule has 0 aliphatic carbocycles. The number of benzene rings is 1. The molecule has 0 fully saturated rings. The van der Waals surface area contributed by atoms with E-state index < -0.39 is 0 Å². The lowest BCUT2D eigenvalue weighted by molar-refractivity contribution is 0.103. The number of aryl methyl sites for hydroxylation is 3. The van der Waals surface area contributed by atoms with Gasteiger partial charge in [0.05, 0.1) is 16.1 Å². The second kappa shape index (κ2) is 6.38. The van der Waals surface area contributed by atoms with E-state index >= 15 is 0 Å². The zero-order valence-electron chi connectivity index (χ0n) is 13.3. The molecule has 0 atom stereocenters. The fourth-order valence-electron chi connectivity index (χ4n) is 2.56. The molecule has 0 spiro atoms. The number of para-hydroxylation sites is 1. The number of aromatic nitrogens is 1. The summed E-state index contributed by atoms with van der Waals surface area (Å²) in [5.41, 5.74) is 3.81. The number of hydrogen-bond acceptors (Lipinski definition) is 4. The average molecular weight is 326 g/mol. The van der Waals surface area contributed by atoms with E-state index in [4.69, 9.17) is 4.52 Å². The molecule has 23 heavy (non-hydrogen) atoms. The summed E-state index contributed by atoms with van der Waals surface area (Å²) in [7, 11) is 0. The summed E-state index contributed by atoms with van der Waals surface area (Å²) in [5.74, 6) is 0.682. The first-order chi connectivity index (χ1) is 11.1. The van der Waals surface area contributed by atoms with Gasteiger partial charge in [-0.15, -0.1) is 11.3 Å². The molecule has 1 amide bonds. The van der Waals surface area contributed by atoms with E-state index in [2.05, 4.69) is 17.4 Å². The first-order valence-corrected chi connectivity index (χ1v) is 8.34. The van der Waals surface area contributed by atoms with Crippen molar-refractivity contribution in [2.45, 2.75) is 27.2 Å². The number of amides is 1. The van der Waals surface area contributed by atoms with E-state index in [1.54, 1.807) is 0 Å². The minimum absolute atomic E-state index is 0.0890. The Hall–Kier alpha value is -2.40. The van der Waals surface area contributed by atoms with Gasteiger partial charge in [-0.25, -0.2) is 0 Å². The van der Waals surface area contributed by atoms with Crippen LogP contribution in [0.2, 0.25) is 0 Å². The van der Waals surface area contributed by atoms with Crippen LogP contribution in [0.4, 0.5) is 5.69 Å². The third-order valence-electron chi connectivity index (χ3n) is 3.76. The van der Waals surface area contributed by atoms with Crippen LogP contribution in [-0.2, 0) is 6.42 Å². The van der Waals surface area contributed by atoms with Crippen LogP contribution in [0, 0.1) is 13.8 Å². The molecule has 0 saturated carbocycles. The van der Waals surface area contributed by atoms with Crippen LogP contribution in [0.5, 0.6) is 0 Å². The molecule has 0 saturated heterocycles. The Balaban J connectivity index is 1.84. The van der Waals surface area contributed by atoms with E-state index in [-0.39, 0.29) is 5.91 Å². The minimum atomic E-state index is -0.0890. The fraction of sp³-hybridized carbons (Fsp3) is 0.222. The number of carbonyl (C=O) groups excluding carboxylic acids is 1. The summed E-state index contributed by atoms with van der Waals surface area (Å²) >= 11 is 1.45. The molecule has 118 valence electrons. The summed E-state index contributed by atoms with van der Waals surface area (Å²) in [6, 6.07) is 11.7. The molecule has 4 nitrogen and oxygen atoms in total. The van der Waals surface area contributed by atoms with Gasteiger partial charge in [-0.3, -0.25) is 4.79 Å². The summed E-state index contributed by atoms with van der Waals surface area (Å²) in [4.78, 5) is 14.2. The van der Waals surface area contributed by atoms with Gasteiger partial charge in [0.2, 0.25) is 0 Å². The number of anilines is 1. The number of rotatable bonds is 4. The summed E-state index contributed by atoms with van der Waals surface area (Å²) < 4.78 is 5.20. The van der Waals surface area contributed by atoms with Crippen LogP contribution < -0.4 is 5.32 Å². The molecule has 1 aromatic carbocycles. The molecule has 0 bridgehead atoms. The maximum Gasteiger partial charge on any atom is 0.265 e. The topological polar surface area (TPSA) is 55.1 Å². The van der Waals surface area contributed by atoms with E-state index in [9.17, 15) is 4.79 Å². The van der Waals surface area contributed by atoms with Crippen molar-refractivity contribution < 1.29 is 9.32 Å². The van der Waals surface area contributed by atoms with Crippen molar-refractivity contribution >= 4 is 22.9 Å². The zero-order valence-corrected chi connectivity index (χ0v) is 14.2. The lowest BCUT2D eigenvalue weighted by atomic mass is 10.1. The van der Waals surface area contributed by atoms with Gasteiger partial charge in [-0.05, 0) is 44.0 Å². The van der Waals surface area contributed by atoms with Crippen LogP contribution in [0.25, 0.3) is 10.4 Å². The Morgan fingerprint density at radius 1 is 1.22 bits per heavy atom. The van der Waals surface area contributed by atoms with Crippen molar-refractivity contribution in [2.75, 3.05) is 5.32 Å². The molecule has 1 N–H and O–H groups in total.